The van der Waals surface area contributed by atoms with Crippen molar-refractivity contribution < 1.29 is 4.42 Å². The van der Waals surface area contributed by atoms with Gasteiger partial charge < -0.3 is 13.9 Å². The second kappa shape index (κ2) is 16.0. The first-order valence-corrected chi connectivity index (χ1v) is 22.9. The Morgan fingerprint density at radius 2 is 0.657 bits per heavy atom. The first kappa shape index (κ1) is 38.5. The molecular weight excluding hydrogens is 813 g/mol. The Morgan fingerprint density at radius 1 is 0.269 bits per heavy atom. The summed E-state index contributed by atoms with van der Waals surface area (Å²) in [5, 5.41) is 7.31. The molecule has 2 heterocycles. The highest BCUT2D eigenvalue weighted by atomic mass is 16.3. The van der Waals surface area contributed by atoms with E-state index in [-0.39, 0.29) is 0 Å². The lowest BCUT2D eigenvalue weighted by molar-refractivity contribution is 0.669. The largest absolute Gasteiger partial charge is 0.456 e. The minimum Gasteiger partial charge on any atom is -0.456 e. The fraction of sp³-hybridized carbons (Fsp3) is 0. The number of para-hydroxylation sites is 3. The molecule has 11 aromatic carbocycles. The molecule has 314 valence electrons. The molecule has 2 aromatic heterocycles. The van der Waals surface area contributed by atoms with Crippen molar-refractivity contribution in [1.29, 1.82) is 0 Å². The van der Waals surface area contributed by atoms with Crippen LogP contribution in [0.25, 0.3) is 105 Å². The van der Waals surface area contributed by atoms with Crippen LogP contribution >= 0.6 is 0 Å². The van der Waals surface area contributed by atoms with Crippen LogP contribution in [0.2, 0.25) is 0 Å². The van der Waals surface area contributed by atoms with Gasteiger partial charge in [0.05, 0.1) is 11.0 Å². The minimum atomic E-state index is 0.908. The summed E-state index contributed by atoms with van der Waals surface area (Å²) in [7, 11) is 0. The van der Waals surface area contributed by atoms with Gasteiger partial charge in [-0.1, -0.05) is 170 Å². The Hall–Kier alpha value is -8.92. The van der Waals surface area contributed by atoms with Crippen molar-refractivity contribution in [2.45, 2.75) is 0 Å². The van der Waals surface area contributed by atoms with E-state index in [2.05, 4.69) is 252 Å². The molecule has 0 N–H and O–H groups in total. The van der Waals surface area contributed by atoms with Crippen LogP contribution in [-0.2, 0) is 0 Å². The Bertz CT molecular complexity index is 3880. The zero-order valence-corrected chi connectivity index (χ0v) is 36.6. The number of aromatic nitrogens is 1. The maximum absolute atomic E-state index is 6.20. The molecule has 3 nitrogen and oxygen atoms in total. The van der Waals surface area contributed by atoms with Gasteiger partial charge in [-0.15, -0.1) is 0 Å². The number of benzene rings is 11. The fourth-order valence-corrected chi connectivity index (χ4v) is 9.99. The third kappa shape index (κ3) is 6.84. The second-order valence-electron chi connectivity index (χ2n) is 17.3. The summed E-state index contributed by atoms with van der Waals surface area (Å²) in [6.07, 6.45) is 0. The maximum Gasteiger partial charge on any atom is 0.136 e. The smallest absolute Gasteiger partial charge is 0.136 e. The molecule has 0 saturated heterocycles. The zero-order chi connectivity index (χ0) is 44.3. The molecule has 0 aliphatic heterocycles. The van der Waals surface area contributed by atoms with E-state index in [0.717, 1.165) is 66.9 Å². The van der Waals surface area contributed by atoms with Crippen LogP contribution in [0, 0.1) is 0 Å². The standard InChI is InChI=1S/C64H42N2O/c1-2-10-50-41-51(26-25-43(50)9-1)48-21-17-44(18-22-48)46-27-32-53(33-28-46)65(55-36-38-56(39-37-55)66-61-14-6-3-11-57(61)58-12-4-7-15-62(58)66)54-34-29-47(30-35-54)45-19-23-49(24-20-45)52-31-40-60-59-13-5-8-16-63(59)67-64(60)42-52/h1-42H. The molecule has 0 fully saturated rings. The van der Waals surface area contributed by atoms with Crippen molar-refractivity contribution in [1.82, 2.24) is 4.57 Å². The van der Waals surface area contributed by atoms with Crippen molar-refractivity contribution >= 4 is 71.6 Å². The fourth-order valence-electron chi connectivity index (χ4n) is 9.99. The number of anilines is 3. The zero-order valence-electron chi connectivity index (χ0n) is 36.6. The van der Waals surface area contributed by atoms with Crippen LogP contribution in [0.3, 0.4) is 0 Å². The number of nitrogens with zero attached hydrogens (tertiary/aromatic N) is 2. The highest BCUT2D eigenvalue weighted by molar-refractivity contribution is 6.09. The Morgan fingerprint density at radius 3 is 1.22 bits per heavy atom. The number of furan rings is 1. The monoisotopic (exact) mass is 854 g/mol. The van der Waals surface area contributed by atoms with Crippen molar-refractivity contribution in [3.05, 3.63) is 255 Å². The molecule has 67 heavy (non-hydrogen) atoms. The molecule has 0 radical (unpaired) electrons. The van der Waals surface area contributed by atoms with Crippen LogP contribution in [0.15, 0.2) is 259 Å². The van der Waals surface area contributed by atoms with E-state index in [4.69, 9.17) is 4.42 Å². The number of hydrogen-bond acceptors (Lipinski definition) is 2. The summed E-state index contributed by atoms with van der Waals surface area (Å²) >= 11 is 0. The van der Waals surface area contributed by atoms with Gasteiger partial charge in [0.25, 0.3) is 0 Å². The number of rotatable bonds is 8. The second-order valence-corrected chi connectivity index (χ2v) is 17.3. The summed E-state index contributed by atoms with van der Waals surface area (Å²) in [5.41, 5.74) is 18.0. The van der Waals surface area contributed by atoms with E-state index in [9.17, 15) is 0 Å². The lowest BCUT2D eigenvalue weighted by Gasteiger charge is -2.26. The van der Waals surface area contributed by atoms with E-state index < -0.39 is 0 Å². The summed E-state index contributed by atoms with van der Waals surface area (Å²) in [6.45, 7) is 0. The van der Waals surface area contributed by atoms with E-state index in [1.165, 1.54) is 54.8 Å². The SMILES string of the molecule is c1ccc2cc(-c3ccc(-c4ccc(N(c5ccc(-c6ccc(-c7ccc8c(c7)oc7ccccc78)cc6)cc5)c5ccc(-n6c7ccccc7c7ccccc76)cc5)cc4)cc3)ccc2c1. The molecule has 13 rings (SSSR count). The summed E-state index contributed by atoms with van der Waals surface area (Å²) in [6, 6.07) is 91.9. The lowest BCUT2D eigenvalue weighted by Crippen LogP contribution is -2.10. The van der Waals surface area contributed by atoms with E-state index in [0.29, 0.717) is 0 Å². The molecule has 0 aliphatic rings. The summed E-state index contributed by atoms with van der Waals surface area (Å²) in [5.74, 6) is 0. The van der Waals surface area contributed by atoms with E-state index in [1.54, 1.807) is 0 Å². The third-order valence-corrected chi connectivity index (χ3v) is 13.4. The summed E-state index contributed by atoms with van der Waals surface area (Å²) < 4.78 is 8.58. The molecule has 13 aromatic rings. The van der Waals surface area contributed by atoms with Crippen molar-refractivity contribution in [2.24, 2.45) is 0 Å². The van der Waals surface area contributed by atoms with Gasteiger partial charge >= 0.3 is 0 Å². The molecule has 0 amide bonds. The normalized spacial score (nSPS) is 11.6. The van der Waals surface area contributed by atoms with Crippen molar-refractivity contribution in [3.8, 4) is 50.2 Å². The molecular formula is C64H42N2O. The maximum atomic E-state index is 6.20. The van der Waals surface area contributed by atoms with Crippen LogP contribution in [0.1, 0.15) is 0 Å². The molecule has 0 unspecified atom stereocenters. The predicted octanol–water partition coefficient (Wildman–Crippen LogP) is 18.0. The molecule has 0 spiro atoms. The predicted molar refractivity (Wildman–Crippen MR) is 282 cm³/mol. The van der Waals surface area contributed by atoms with Gasteiger partial charge in [0.15, 0.2) is 0 Å². The molecule has 0 atom stereocenters. The molecule has 0 saturated carbocycles. The minimum absolute atomic E-state index is 0.908. The van der Waals surface area contributed by atoms with Gasteiger partial charge in [0.1, 0.15) is 11.2 Å². The molecule has 3 heteroatoms. The first-order chi connectivity index (χ1) is 33.2. The van der Waals surface area contributed by atoms with Gasteiger partial charge in [0.2, 0.25) is 0 Å². The first-order valence-electron chi connectivity index (χ1n) is 22.9. The molecule has 0 aliphatic carbocycles. The van der Waals surface area contributed by atoms with Crippen LogP contribution in [0.4, 0.5) is 17.1 Å². The summed E-state index contributed by atoms with van der Waals surface area (Å²) in [4.78, 5) is 2.35. The Kier molecular flexibility index (Phi) is 9.17. The third-order valence-electron chi connectivity index (χ3n) is 13.4. The number of fused-ring (bicyclic) bond motifs is 7. The quantitative estimate of drug-likeness (QED) is 0.152. The van der Waals surface area contributed by atoms with Crippen LogP contribution in [0.5, 0.6) is 0 Å². The van der Waals surface area contributed by atoms with E-state index >= 15 is 0 Å². The van der Waals surface area contributed by atoms with Crippen LogP contribution < -0.4 is 4.90 Å². The Balaban J connectivity index is 0.825. The highest BCUT2D eigenvalue weighted by Gasteiger charge is 2.17. The van der Waals surface area contributed by atoms with Gasteiger partial charge in [-0.05, 0) is 140 Å². The van der Waals surface area contributed by atoms with Gasteiger partial charge in [-0.3, -0.25) is 0 Å². The van der Waals surface area contributed by atoms with Gasteiger partial charge in [-0.2, -0.15) is 0 Å². The average molecular weight is 855 g/mol. The van der Waals surface area contributed by atoms with Crippen molar-refractivity contribution in [2.75, 3.05) is 4.90 Å². The average Bonchev–Trinajstić information content (AvgIpc) is 3.95. The lowest BCUT2D eigenvalue weighted by atomic mass is 9.98. The Labute approximate surface area is 388 Å². The van der Waals surface area contributed by atoms with Crippen LogP contribution in [-0.4, -0.2) is 4.57 Å². The number of hydrogen-bond donors (Lipinski definition) is 0. The van der Waals surface area contributed by atoms with E-state index in [1.807, 2.05) is 12.1 Å². The van der Waals surface area contributed by atoms with Crippen molar-refractivity contribution in [3.63, 3.8) is 0 Å². The molecule has 0 bridgehead atoms. The van der Waals surface area contributed by atoms with Gasteiger partial charge in [-0.25, -0.2) is 0 Å². The topological polar surface area (TPSA) is 21.3 Å². The highest BCUT2D eigenvalue weighted by Crippen LogP contribution is 2.40. The van der Waals surface area contributed by atoms with Gasteiger partial charge in [0, 0.05) is 44.3 Å².